The third-order valence-electron chi connectivity index (χ3n) is 1.70. The molecule has 0 spiro atoms. The van der Waals surface area contributed by atoms with Crippen LogP contribution in [0.15, 0.2) is 42.5 Å². The zero-order chi connectivity index (χ0) is 8.49. The van der Waals surface area contributed by atoms with Gasteiger partial charge in [-0.25, -0.2) is 0 Å². The second-order valence-electron chi connectivity index (χ2n) is 2.78. The van der Waals surface area contributed by atoms with E-state index < -0.39 is 0 Å². The molecule has 0 N–H and O–H groups in total. The molecule has 1 radical (unpaired) electrons. The van der Waals surface area contributed by atoms with Gasteiger partial charge in [0.15, 0.2) is 0 Å². The average molecular weight is 159 g/mol. The van der Waals surface area contributed by atoms with Crippen molar-refractivity contribution in [3.05, 3.63) is 48.6 Å². The Labute approximate surface area is 75.0 Å². The van der Waals surface area contributed by atoms with Crippen molar-refractivity contribution < 1.29 is 0 Å². The van der Waals surface area contributed by atoms with Gasteiger partial charge >= 0.3 is 0 Å². The number of rotatable bonds is 0. The molecule has 12 heavy (non-hydrogen) atoms. The fourth-order valence-corrected chi connectivity index (χ4v) is 1.03. The fraction of sp³-hybridized carbons (Fsp3) is 0.333. The quantitative estimate of drug-likeness (QED) is 0.506. The molecule has 1 aliphatic carbocycles. The van der Waals surface area contributed by atoms with E-state index in [4.69, 9.17) is 0 Å². The Morgan fingerprint density at radius 2 is 1.75 bits per heavy atom. The second kappa shape index (κ2) is 6.66. The summed E-state index contributed by atoms with van der Waals surface area (Å²) < 4.78 is 0. The van der Waals surface area contributed by atoms with Crippen LogP contribution in [0.5, 0.6) is 0 Å². The van der Waals surface area contributed by atoms with Gasteiger partial charge in [0, 0.05) is 0 Å². The standard InChI is InChI=1S/C12H15/c1-2-4-6-8-10-12-11-9-7-5-3-1/h1-4,7,9,11H,5-6,8,10H2. The van der Waals surface area contributed by atoms with Crippen LogP contribution in [-0.2, 0) is 0 Å². The van der Waals surface area contributed by atoms with Gasteiger partial charge in [-0.05, 0) is 31.8 Å². The molecule has 1 rings (SSSR count). The first-order valence-corrected chi connectivity index (χ1v) is 4.53. The zero-order valence-corrected chi connectivity index (χ0v) is 7.37. The van der Waals surface area contributed by atoms with Crippen LogP contribution in [0.3, 0.4) is 0 Å². The predicted molar refractivity (Wildman–Crippen MR) is 53.7 cm³/mol. The minimum Gasteiger partial charge on any atom is -0.0845 e. The first-order valence-electron chi connectivity index (χ1n) is 4.53. The average Bonchev–Trinajstić information content (AvgIpc) is 2.05. The Kier molecular flexibility index (Phi) is 5.02. The molecule has 0 aliphatic heterocycles. The van der Waals surface area contributed by atoms with Gasteiger partial charge in [0.25, 0.3) is 0 Å². The fourth-order valence-electron chi connectivity index (χ4n) is 1.03. The monoisotopic (exact) mass is 159 g/mol. The van der Waals surface area contributed by atoms with Crippen molar-refractivity contribution in [2.24, 2.45) is 0 Å². The number of hydrogen-bond donors (Lipinski definition) is 0. The Bertz CT molecular complexity index is 182. The molecular formula is C12H15. The highest BCUT2D eigenvalue weighted by atomic mass is 13.9. The summed E-state index contributed by atoms with van der Waals surface area (Å²) >= 11 is 0. The summed E-state index contributed by atoms with van der Waals surface area (Å²) in [6.07, 6.45) is 22.5. The number of allylic oxidation sites excluding steroid dienone is 8. The maximum Gasteiger partial charge on any atom is -0.0163 e. The third kappa shape index (κ3) is 4.73. The van der Waals surface area contributed by atoms with Crippen LogP contribution >= 0.6 is 0 Å². The summed E-state index contributed by atoms with van der Waals surface area (Å²) in [6, 6.07) is 0. The Balaban J connectivity index is 2.42. The van der Waals surface area contributed by atoms with E-state index in [-0.39, 0.29) is 0 Å². The van der Waals surface area contributed by atoms with Crippen LogP contribution in [-0.4, -0.2) is 0 Å². The van der Waals surface area contributed by atoms with E-state index in [0.717, 1.165) is 19.3 Å². The summed E-state index contributed by atoms with van der Waals surface area (Å²) in [4.78, 5) is 0. The molecule has 63 valence electrons. The molecule has 0 fully saturated rings. The normalized spacial score (nSPS) is 18.7. The van der Waals surface area contributed by atoms with E-state index >= 15 is 0 Å². The van der Waals surface area contributed by atoms with Gasteiger partial charge in [0.2, 0.25) is 0 Å². The van der Waals surface area contributed by atoms with Gasteiger partial charge in [0.05, 0.1) is 0 Å². The van der Waals surface area contributed by atoms with Crippen molar-refractivity contribution in [3.63, 3.8) is 0 Å². The highest BCUT2D eigenvalue weighted by molar-refractivity contribution is 5.07. The second-order valence-corrected chi connectivity index (χ2v) is 2.78. The summed E-state index contributed by atoms with van der Waals surface area (Å²) in [7, 11) is 0. The minimum atomic E-state index is 1.02. The van der Waals surface area contributed by atoms with Crippen molar-refractivity contribution in [3.8, 4) is 0 Å². The first-order chi connectivity index (χ1) is 6.00. The predicted octanol–water partition coefficient (Wildman–Crippen LogP) is 3.59. The summed E-state index contributed by atoms with van der Waals surface area (Å²) in [6.45, 7) is 0. The highest BCUT2D eigenvalue weighted by Crippen LogP contribution is 1.99. The Hall–Kier alpha value is -1.04. The van der Waals surface area contributed by atoms with E-state index in [0.29, 0.717) is 0 Å². The van der Waals surface area contributed by atoms with Crippen LogP contribution < -0.4 is 0 Å². The van der Waals surface area contributed by atoms with E-state index in [9.17, 15) is 0 Å². The van der Waals surface area contributed by atoms with Gasteiger partial charge in [-0.2, -0.15) is 0 Å². The summed E-state index contributed by atoms with van der Waals surface area (Å²) in [5, 5.41) is 0. The molecule has 0 aromatic heterocycles. The minimum absolute atomic E-state index is 1.02. The molecule has 1 aliphatic rings. The molecule has 0 nitrogen and oxygen atoms in total. The SMILES string of the molecule is [C]1=CC=CCC=CC=CCCC1. The van der Waals surface area contributed by atoms with E-state index in [1.54, 1.807) is 0 Å². The molecule has 0 aromatic carbocycles. The van der Waals surface area contributed by atoms with E-state index in [1.807, 2.05) is 6.08 Å². The maximum atomic E-state index is 3.23. The molecule has 0 heterocycles. The van der Waals surface area contributed by atoms with Crippen LogP contribution in [0.4, 0.5) is 0 Å². The maximum absolute atomic E-state index is 3.23. The lowest BCUT2D eigenvalue weighted by Crippen LogP contribution is -1.70. The Morgan fingerprint density at radius 3 is 2.75 bits per heavy atom. The van der Waals surface area contributed by atoms with Crippen molar-refractivity contribution in [2.45, 2.75) is 25.7 Å². The van der Waals surface area contributed by atoms with Crippen molar-refractivity contribution >= 4 is 0 Å². The molecule has 0 atom stereocenters. The lowest BCUT2D eigenvalue weighted by Gasteiger charge is -1.89. The third-order valence-corrected chi connectivity index (χ3v) is 1.70. The Morgan fingerprint density at radius 1 is 0.917 bits per heavy atom. The molecule has 0 saturated carbocycles. The van der Waals surface area contributed by atoms with Crippen molar-refractivity contribution in [2.75, 3.05) is 0 Å². The molecule has 0 unspecified atom stereocenters. The molecule has 0 heteroatoms. The van der Waals surface area contributed by atoms with E-state index in [2.05, 4.69) is 42.5 Å². The van der Waals surface area contributed by atoms with Crippen LogP contribution in [0.25, 0.3) is 0 Å². The summed E-state index contributed by atoms with van der Waals surface area (Å²) in [5.41, 5.74) is 0. The smallest absolute Gasteiger partial charge is 0.0163 e. The molecule has 0 aromatic rings. The van der Waals surface area contributed by atoms with Crippen molar-refractivity contribution in [1.29, 1.82) is 0 Å². The molecule has 0 amide bonds. The van der Waals surface area contributed by atoms with Crippen LogP contribution in [0.2, 0.25) is 0 Å². The van der Waals surface area contributed by atoms with Gasteiger partial charge in [0.1, 0.15) is 0 Å². The molecule has 0 bridgehead atoms. The largest absolute Gasteiger partial charge is 0.0845 e. The topological polar surface area (TPSA) is 0 Å². The molecular weight excluding hydrogens is 144 g/mol. The highest BCUT2D eigenvalue weighted by Gasteiger charge is 1.80. The summed E-state index contributed by atoms with van der Waals surface area (Å²) in [5.74, 6) is 0. The lowest BCUT2D eigenvalue weighted by molar-refractivity contribution is 0.854. The zero-order valence-electron chi connectivity index (χ0n) is 7.37. The molecule has 0 saturated heterocycles. The van der Waals surface area contributed by atoms with Gasteiger partial charge in [-0.1, -0.05) is 42.5 Å². The first kappa shape index (κ1) is 9.05. The lowest BCUT2D eigenvalue weighted by atomic mass is 10.2. The number of hydrogen-bond acceptors (Lipinski definition) is 0. The van der Waals surface area contributed by atoms with Gasteiger partial charge < -0.3 is 0 Å². The van der Waals surface area contributed by atoms with Gasteiger partial charge in [-0.3, -0.25) is 0 Å². The van der Waals surface area contributed by atoms with Crippen LogP contribution in [0.1, 0.15) is 25.7 Å². The van der Waals surface area contributed by atoms with E-state index in [1.165, 1.54) is 6.42 Å². The van der Waals surface area contributed by atoms with Crippen LogP contribution in [0, 0.1) is 6.08 Å². The van der Waals surface area contributed by atoms with Gasteiger partial charge in [-0.15, -0.1) is 0 Å². The van der Waals surface area contributed by atoms with Crippen molar-refractivity contribution in [1.82, 2.24) is 0 Å².